The van der Waals surface area contributed by atoms with Crippen molar-refractivity contribution in [3.8, 4) is 0 Å². The number of carbonyl (C=O) groups is 3. The van der Waals surface area contributed by atoms with E-state index in [9.17, 15) is 22.8 Å². The lowest BCUT2D eigenvalue weighted by atomic mass is 10.1. The van der Waals surface area contributed by atoms with Crippen LogP contribution in [0.3, 0.4) is 0 Å². The molecule has 4 N–H and O–H groups in total. The molecule has 0 spiro atoms. The van der Waals surface area contributed by atoms with Gasteiger partial charge >= 0.3 is 12.1 Å². The molecule has 1 atom stereocenters. The average Bonchev–Trinajstić information content (AvgIpc) is 3.12. The van der Waals surface area contributed by atoms with Crippen LogP contribution in [0.4, 0.5) is 10.6 Å². The molecule has 0 aliphatic carbocycles. The monoisotopic (exact) mass is 783 g/mol. The fourth-order valence-corrected chi connectivity index (χ4v) is 6.21. The summed E-state index contributed by atoms with van der Waals surface area (Å²) in [7, 11) is -2.34. The third kappa shape index (κ3) is 17.6. The van der Waals surface area contributed by atoms with E-state index in [2.05, 4.69) is 25.7 Å². The zero-order valence-electron chi connectivity index (χ0n) is 33.0. The summed E-state index contributed by atoms with van der Waals surface area (Å²) in [5, 5.41) is 8.33. The topological polar surface area (TPSA) is 183 Å². The SMILES string of the molecule is CNc1cccc(CCc2ccc(C(=O)NC[C@H](NS(=O)(=O)c3ccc(CCCOCCOCCNC(=O)OC(C)(C)C)cc3)C(=O)OC(C)(C)C)cc2)n1. The van der Waals surface area contributed by atoms with Crippen molar-refractivity contribution in [2.75, 3.05) is 51.9 Å². The number of benzene rings is 2. The molecule has 0 unspecified atom stereocenters. The Balaban J connectivity index is 1.46. The minimum Gasteiger partial charge on any atom is -0.459 e. The van der Waals surface area contributed by atoms with Gasteiger partial charge in [0.15, 0.2) is 0 Å². The van der Waals surface area contributed by atoms with Crippen LogP contribution in [0.25, 0.3) is 0 Å². The maximum Gasteiger partial charge on any atom is 0.407 e. The third-order valence-electron chi connectivity index (χ3n) is 7.68. The van der Waals surface area contributed by atoms with Gasteiger partial charge < -0.3 is 34.9 Å². The molecule has 15 heteroatoms. The molecule has 0 aliphatic rings. The third-order valence-corrected chi connectivity index (χ3v) is 9.17. The number of nitrogens with zero attached hydrogens (tertiary/aromatic N) is 1. The van der Waals surface area contributed by atoms with Gasteiger partial charge in [-0.2, -0.15) is 4.72 Å². The summed E-state index contributed by atoms with van der Waals surface area (Å²) in [5.74, 6) is -0.481. The Hall–Kier alpha value is -4.57. The fraction of sp³-hybridized carbons (Fsp3) is 0.500. The van der Waals surface area contributed by atoms with Crippen molar-refractivity contribution in [2.45, 2.75) is 89.4 Å². The lowest BCUT2D eigenvalue weighted by Gasteiger charge is -2.24. The number of hydrogen-bond acceptors (Lipinski definition) is 11. The number of alkyl carbamates (subject to hydrolysis) is 1. The van der Waals surface area contributed by atoms with Gasteiger partial charge in [0.1, 0.15) is 23.1 Å². The molecule has 0 fully saturated rings. The van der Waals surface area contributed by atoms with Gasteiger partial charge in [-0.25, -0.2) is 18.2 Å². The van der Waals surface area contributed by atoms with Crippen molar-refractivity contribution in [3.63, 3.8) is 0 Å². The fourth-order valence-electron chi connectivity index (χ4n) is 5.03. The summed E-state index contributed by atoms with van der Waals surface area (Å²) < 4.78 is 50.9. The van der Waals surface area contributed by atoms with Gasteiger partial charge in [0, 0.05) is 38.0 Å². The molecule has 3 rings (SSSR count). The standard InChI is InChI=1S/C40H57N5O9S/c1-39(2,3)53-37(47)34(28-43-36(46)31-18-13-30(14-19-31)15-20-32-11-8-12-35(41-7)44-32)45-55(49,50)33-21-16-29(17-22-33)10-9-24-51-26-27-52-25-23-42-38(48)54-40(4,5)6/h8,11-14,16-19,21-22,34,45H,9-10,15,20,23-28H2,1-7H3,(H,41,44)(H,42,48)(H,43,46)/t34-/m0/s1. The Morgan fingerprint density at radius 1 is 0.727 bits per heavy atom. The number of hydrogen-bond donors (Lipinski definition) is 4. The molecule has 0 saturated heterocycles. The highest BCUT2D eigenvalue weighted by atomic mass is 32.2. The molecule has 3 aromatic rings. The number of sulfonamides is 1. The van der Waals surface area contributed by atoms with Gasteiger partial charge in [-0.15, -0.1) is 0 Å². The molecule has 0 aliphatic heterocycles. The van der Waals surface area contributed by atoms with E-state index in [1.54, 1.807) is 65.8 Å². The van der Waals surface area contributed by atoms with Crippen LogP contribution < -0.4 is 20.7 Å². The highest BCUT2D eigenvalue weighted by Gasteiger charge is 2.30. The van der Waals surface area contributed by atoms with Crippen LogP contribution in [0.1, 0.15) is 75.1 Å². The first-order chi connectivity index (χ1) is 25.9. The van der Waals surface area contributed by atoms with E-state index < -0.39 is 45.2 Å². The first-order valence-electron chi connectivity index (χ1n) is 18.4. The Morgan fingerprint density at radius 2 is 1.35 bits per heavy atom. The van der Waals surface area contributed by atoms with Gasteiger partial charge in [-0.1, -0.05) is 30.3 Å². The number of rotatable bonds is 21. The predicted molar refractivity (Wildman–Crippen MR) is 211 cm³/mol. The van der Waals surface area contributed by atoms with E-state index in [0.29, 0.717) is 51.4 Å². The van der Waals surface area contributed by atoms with Gasteiger partial charge in [-0.05, 0) is 115 Å². The normalized spacial score (nSPS) is 12.4. The average molecular weight is 784 g/mol. The van der Waals surface area contributed by atoms with E-state index in [0.717, 1.165) is 35.5 Å². The number of esters is 1. The number of carbonyl (C=O) groups excluding carboxylic acids is 3. The van der Waals surface area contributed by atoms with Gasteiger partial charge in [0.2, 0.25) is 10.0 Å². The minimum absolute atomic E-state index is 0.0332. The molecule has 1 aromatic heterocycles. The molecule has 2 aromatic carbocycles. The second kappa shape index (κ2) is 21.5. The summed E-state index contributed by atoms with van der Waals surface area (Å²) in [6.45, 7) is 12.0. The minimum atomic E-state index is -4.16. The van der Waals surface area contributed by atoms with E-state index in [1.165, 1.54) is 12.1 Å². The van der Waals surface area contributed by atoms with Gasteiger partial charge in [-0.3, -0.25) is 9.59 Å². The van der Waals surface area contributed by atoms with Gasteiger partial charge in [0.05, 0.1) is 24.7 Å². The number of aryl methyl sites for hydroxylation is 3. The summed E-state index contributed by atoms with van der Waals surface area (Å²) in [6.07, 6.45) is 2.33. The maximum absolute atomic E-state index is 13.4. The number of ether oxygens (including phenoxy) is 4. The molecule has 55 heavy (non-hydrogen) atoms. The second-order valence-corrected chi connectivity index (χ2v) is 16.5. The van der Waals surface area contributed by atoms with Crippen molar-refractivity contribution >= 4 is 33.8 Å². The zero-order chi connectivity index (χ0) is 40.5. The van der Waals surface area contributed by atoms with Crippen molar-refractivity contribution in [2.24, 2.45) is 0 Å². The Morgan fingerprint density at radius 3 is 1.98 bits per heavy atom. The van der Waals surface area contributed by atoms with E-state index in [-0.39, 0.29) is 11.4 Å². The van der Waals surface area contributed by atoms with Crippen molar-refractivity contribution < 1.29 is 41.7 Å². The smallest absolute Gasteiger partial charge is 0.407 e. The van der Waals surface area contributed by atoms with Crippen molar-refractivity contribution in [1.82, 2.24) is 20.3 Å². The number of nitrogens with one attached hydrogen (secondary N) is 4. The Labute approximate surface area is 325 Å². The zero-order valence-corrected chi connectivity index (χ0v) is 33.8. The Bertz CT molecular complexity index is 1770. The number of anilines is 1. The summed E-state index contributed by atoms with van der Waals surface area (Å²) in [4.78, 5) is 42.3. The highest BCUT2D eigenvalue weighted by molar-refractivity contribution is 7.89. The van der Waals surface area contributed by atoms with E-state index >= 15 is 0 Å². The van der Waals surface area contributed by atoms with Crippen LogP contribution in [-0.4, -0.2) is 95.2 Å². The second-order valence-electron chi connectivity index (χ2n) is 14.8. The largest absolute Gasteiger partial charge is 0.459 e. The molecule has 0 bridgehead atoms. The summed E-state index contributed by atoms with van der Waals surface area (Å²) in [6, 6.07) is 17.9. The first-order valence-corrected chi connectivity index (χ1v) is 19.9. The summed E-state index contributed by atoms with van der Waals surface area (Å²) >= 11 is 0. The van der Waals surface area contributed by atoms with Crippen LogP contribution >= 0.6 is 0 Å². The molecular formula is C40H57N5O9S. The molecule has 14 nitrogen and oxygen atoms in total. The van der Waals surface area contributed by atoms with Crippen LogP contribution in [0, 0.1) is 0 Å². The molecule has 0 radical (unpaired) electrons. The Kier molecular flexibility index (Phi) is 17.5. The number of aromatic nitrogens is 1. The lowest BCUT2D eigenvalue weighted by Crippen LogP contribution is -2.50. The molecule has 0 saturated carbocycles. The molecular weight excluding hydrogens is 727 g/mol. The highest BCUT2D eigenvalue weighted by Crippen LogP contribution is 2.15. The van der Waals surface area contributed by atoms with Crippen molar-refractivity contribution in [3.05, 3.63) is 89.1 Å². The predicted octanol–water partition coefficient (Wildman–Crippen LogP) is 4.82. The number of pyridine rings is 1. The van der Waals surface area contributed by atoms with Crippen LogP contribution in [0.2, 0.25) is 0 Å². The summed E-state index contributed by atoms with van der Waals surface area (Å²) in [5.41, 5.74) is 1.81. The van der Waals surface area contributed by atoms with Crippen molar-refractivity contribution in [1.29, 1.82) is 0 Å². The van der Waals surface area contributed by atoms with Crippen LogP contribution in [-0.2, 0) is 53.0 Å². The molecule has 2 amide bonds. The quantitative estimate of drug-likeness (QED) is 0.0859. The van der Waals surface area contributed by atoms with E-state index in [4.69, 9.17) is 18.9 Å². The van der Waals surface area contributed by atoms with Crippen LogP contribution in [0.15, 0.2) is 71.6 Å². The van der Waals surface area contributed by atoms with Crippen LogP contribution in [0.5, 0.6) is 0 Å². The first kappa shape index (κ1) is 44.8. The molecule has 302 valence electrons. The molecule has 1 heterocycles. The van der Waals surface area contributed by atoms with Gasteiger partial charge in [0.25, 0.3) is 5.91 Å². The van der Waals surface area contributed by atoms with E-state index in [1.807, 2.05) is 37.4 Å². The maximum atomic E-state index is 13.4. The lowest BCUT2D eigenvalue weighted by molar-refractivity contribution is -0.156. The number of amides is 2.